The molecule has 0 unspecified atom stereocenters. The topological polar surface area (TPSA) is 46.5 Å². The van der Waals surface area contributed by atoms with Gasteiger partial charge in [0.05, 0.1) is 0 Å². The largest absolute Gasteiger partial charge is 0.480 e. The van der Waals surface area contributed by atoms with Crippen molar-refractivity contribution in [1.29, 1.82) is 0 Å². The first-order valence-electron chi connectivity index (χ1n) is 2.15. The summed E-state index contributed by atoms with van der Waals surface area (Å²) in [6, 6.07) is 0. The maximum Gasteiger partial charge on any atom is 0.329 e. The zero-order valence-electron chi connectivity index (χ0n) is 4.73. The molecule has 0 spiro atoms. The summed E-state index contributed by atoms with van der Waals surface area (Å²) in [5.41, 5.74) is 0. The van der Waals surface area contributed by atoms with Crippen LogP contribution in [0.3, 0.4) is 0 Å². The normalized spacial score (nSPS) is 11.4. The number of alkyl halides is 2. The lowest BCUT2D eigenvalue weighted by Crippen LogP contribution is -2.18. The minimum Gasteiger partial charge on any atom is -0.480 e. The third-order valence-electron chi connectivity index (χ3n) is 0.449. The fraction of sp³-hybridized carbons (Fsp3) is 0.750. The van der Waals surface area contributed by atoms with E-state index < -0.39 is 17.1 Å². The molecule has 0 fully saturated rings. The minimum atomic E-state index is -1.40. The van der Waals surface area contributed by atoms with Gasteiger partial charge in [-0.1, -0.05) is 23.2 Å². The molecule has 3 nitrogen and oxygen atoms in total. The molecule has 0 aliphatic rings. The van der Waals surface area contributed by atoms with Gasteiger partial charge in [-0.05, 0) is 6.92 Å². The highest BCUT2D eigenvalue weighted by atomic mass is 35.5. The van der Waals surface area contributed by atoms with Crippen LogP contribution in [0.1, 0.15) is 6.92 Å². The Balaban J connectivity index is 3.39. The zero-order chi connectivity index (χ0) is 7.49. The highest BCUT2D eigenvalue weighted by Crippen LogP contribution is 2.20. The summed E-state index contributed by atoms with van der Waals surface area (Å²) in [6.45, 7) is 0.864. The summed E-state index contributed by atoms with van der Waals surface area (Å²) in [4.78, 5) is 9.80. The first-order chi connectivity index (χ1) is 3.92. The van der Waals surface area contributed by atoms with Gasteiger partial charge < -0.3 is 9.84 Å². The molecule has 0 saturated heterocycles. The Hall–Kier alpha value is 0.01000. The van der Waals surface area contributed by atoms with Crippen molar-refractivity contribution in [3.8, 4) is 0 Å². The lowest BCUT2D eigenvalue weighted by Gasteiger charge is -2.11. The minimum absolute atomic E-state index is 0.483. The number of carboxylic acids is 1. The summed E-state index contributed by atoms with van der Waals surface area (Å²) in [6.07, 6.45) is 0. The molecular formula is C4H6Cl2O3. The maximum absolute atomic E-state index is 9.80. The van der Waals surface area contributed by atoms with Crippen LogP contribution in [0.15, 0.2) is 0 Å². The molecule has 0 radical (unpaired) electrons. The Kier molecular flexibility index (Phi) is 3.25. The van der Waals surface area contributed by atoms with Crippen LogP contribution in [0.25, 0.3) is 0 Å². The number of hydrogen-bond donors (Lipinski definition) is 1. The number of aliphatic carboxylic acids is 1. The molecule has 0 rings (SSSR count). The smallest absolute Gasteiger partial charge is 0.329 e. The standard InChI is InChI=1S/C4H6Cl2O3/c1-4(5,6)9-2-3(7)8/h2H2,1H3,(H,7,8). The lowest BCUT2D eigenvalue weighted by molar-refractivity contribution is -0.143. The number of carbonyl (C=O) groups is 1. The summed E-state index contributed by atoms with van der Waals surface area (Å²) in [5.74, 6) is -1.09. The Morgan fingerprint density at radius 1 is 1.78 bits per heavy atom. The Bertz CT molecular complexity index is 107. The second-order valence-corrected chi connectivity index (χ2v) is 3.13. The van der Waals surface area contributed by atoms with Crippen LogP contribution in [-0.2, 0) is 9.53 Å². The van der Waals surface area contributed by atoms with Crippen molar-refractivity contribution in [2.75, 3.05) is 6.61 Å². The van der Waals surface area contributed by atoms with Crippen molar-refractivity contribution in [3.63, 3.8) is 0 Å². The van der Waals surface area contributed by atoms with E-state index in [4.69, 9.17) is 28.3 Å². The summed E-state index contributed by atoms with van der Waals surface area (Å²) in [5, 5.41) is 8.03. The van der Waals surface area contributed by atoms with Gasteiger partial charge in [0, 0.05) is 0 Å². The maximum atomic E-state index is 9.80. The number of hydrogen-bond acceptors (Lipinski definition) is 2. The van der Waals surface area contributed by atoms with Crippen LogP contribution in [0.5, 0.6) is 0 Å². The predicted octanol–water partition coefficient (Wildman–Crippen LogP) is 1.24. The van der Waals surface area contributed by atoms with E-state index in [9.17, 15) is 4.79 Å². The van der Waals surface area contributed by atoms with Gasteiger partial charge in [0.15, 0.2) is 0 Å². The van der Waals surface area contributed by atoms with Crippen molar-refractivity contribution in [3.05, 3.63) is 0 Å². The molecule has 0 bridgehead atoms. The van der Waals surface area contributed by atoms with Gasteiger partial charge in [0.2, 0.25) is 4.52 Å². The number of carboxylic acid groups (broad SMARTS) is 1. The van der Waals surface area contributed by atoms with E-state index >= 15 is 0 Å². The van der Waals surface area contributed by atoms with E-state index in [2.05, 4.69) is 4.74 Å². The first-order valence-corrected chi connectivity index (χ1v) is 2.91. The number of rotatable bonds is 3. The molecule has 9 heavy (non-hydrogen) atoms. The van der Waals surface area contributed by atoms with Crippen molar-refractivity contribution in [2.45, 2.75) is 11.4 Å². The van der Waals surface area contributed by atoms with Crippen LogP contribution in [0, 0.1) is 0 Å². The number of halogens is 2. The third kappa shape index (κ3) is 8.01. The zero-order valence-corrected chi connectivity index (χ0v) is 6.24. The summed E-state index contributed by atoms with van der Waals surface area (Å²) < 4.78 is 3.02. The van der Waals surface area contributed by atoms with Crippen LogP contribution in [0.4, 0.5) is 0 Å². The highest BCUT2D eigenvalue weighted by molar-refractivity contribution is 6.46. The number of ether oxygens (including phenoxy) is 1. The van der Waals surface area contributed by atoms with Gasteiger partial charge in [-0.15, -0.1) is 0 Å². The molecule has 1 N–H and O–H groups in total. The van der Waals surface area contributed by atoms with Gasteiger partial charge in [-0.2, -0.15) is 0 Å². The lowest BCUT2D eigenvalue weighted by atomic mass is 10.7. The molecule has 54 valence electrons. The van der Waals surface area contributed by atoms with E-state index in [0.717, 1.165) is 0 Å². The molecule has 0 aromatic carbocycles. The van der Waals surface area contributed by atoms with E-state index in [1.54, 1.807) is 0 Å². The fourth-order valence-corrected chi connectivity index (χ4v) is 0.298. The molecule has 5 heteroatoms. The van der Waals surface area contributed by atoms with Crippen molar-refractivity contribution < 1.29 is 14.6 Å². The molecule has 0 amide bonds. The SMILES string of the molecule is CC(Cl)(Cl)OCC(=O)O. The van der Waals surface area contributed by atoms with Crippen LogP contribution in [0.2, 0.25) is 0 Å². The van der Waals surface area contributed by atoms with Crippen LogP contribution < -0.4 is 0 Å². The fourth-order valence-electron chi connectivity index (χ4n) is 0.188. The van der Waals surface area contributed by atoms with Gasteiger partial charge in [-0.3, -0.25) is 0 Å². The van der Waals surface area contributed by atoms with Gasteiger partial charge in [-0.25, -0.2) is 4.79 Å². The van der Waals surface area contributed by atoms with Crippen LogP contribution >= 0.6 is 23.2 Å². The van der Waals surface area contributed by atoms with Crippen molar-refractivity contribution >= 4 is 29.2 Å². The molecule has 0 aliphatic heterocycles. The first kappa shape index (κ1) is 9.01. The Morgan fingerprint density at radius 2 is 2.22 bits per heavy atom. The second-order valence-electron chi connectivity index (χ2n) is 1.49. The monoisotopic (exact) mass is 172 g/mol. The third-order valence-corrected chi connectivity index (χ3v) is 0.667. The van der Waals surface area contributed by atoms with E-state index in [1.165, 1.54) is 6.92 Å². The Labute approximate surface area is 62.5 Å². The molecule has 0 heterocycles. The van der Waals surface area contributed by atoms with Gasteiger partial charge in [0.25, 0.3) is 0 Å². The van der Waals surface area contributed by atoms with E-state index in [-0.39, 0.29) is 0 Å². The molecule has 0 atom stereocenters. The Morgan fingerprint density at radius 3 is 2.33 bits per heavy atom. The highest BCUT2D eigenvalue weighted by Gasteiger charge is 2.17. The molecule has 0 aromatic rings. The average molecular weight is 173 g/mol. The van der Waals surface area contributed by atoms with Gasteiger partial charge >= 0.3 is 5.97 Å². The summed E-state index contributed by atoms with van der Waals surface area (Å²) in [7, 11) is 0. The summed E-state index contributed by atoms with van der Waals surface area (Å²) >= 11 is 10.5. The second kappa shape index (κ2) is 3.25. The molecule has 0 saturated carbocycles. The molecule has 0 aliphatic carbocycles. The van der Waals surface area contributed by atoms with Crippen LogP contribution in [-0.4, -0.2) is 22.2 Å². The quantitative estimate of drug-likeness (QED) is 0.653. The van der Waals surface area contributed by atoms with E-state index in [0.29, 0.717) is 0 Å². The predicted molar refractivity (Wildman–Crippen MR) is 33.7 cm³/mol. The van der Waals surface area contributed by atoms with Crippen molar-refractivity contribution in [1.82, 2.24) is 0 Å². The van der Waals surface area contributed by atoms with Gasteiger partial charge in [0.1, 0.15) is 6.61 Å². The average Bonchev–Trinajstić information content (AvgIpc) is 1.59. The van der Waals surface area contributed by atoms with E-state index in [1.807, 2.05) is 0 Å². The molecular weight excluding hydrogens is 167 g/mol. The molecule has 0 aromatic heterocycles. The van der Waals surface area contributed by atoms with Crippen molar-refractivity contribution in [2.24, 2.45) is 0 Å².